The fourth-order valence-corrected chi connectivity index (χ4v) is 11.5. The van der Waals surface area contributed by atoms with Gasteiger partial charge in [-0.2, -0.15) is 0 Å². The lowest BCUT2D eigenvalue weighted by Gasteiger charge is -2.40. The number of carbonyl (C=O) groups is 1. The van der Waals surface area contributed by atoms with Crippen LogP contribution < -0.4 is 14.2 Å². The van der Waals surface area contributed by atoms with Crippen LogP contribution in [-0.4, -0.2) is 119 Å². The average Bonchev–Trinajstić information content (AvgIpc) is 3.66. The van der Waals surface area contributed by atoms with Gasteiger partial charge in [0.25, 0.3) is 0 Å². The molecule has 4 bridgehead atoms. The molecule has 4 atom stereocenters. The summed E-state index contributed by atoms with van der Waals surface area (Å²) < 4.78 is 33.1. The molecule has 1 N–H and O–H groups in total. The van der Waals surface area contributed by atoms with Gasteiger partial charge in [0.15, 0.2) is 16.5 Å². The standard InChI is InChI=1S/C51H56Cl2N6O7S/c1-30-40-31(2)44(53)45(43(30)52)65-36(26-59-22-20-58(5)21-23-59)28-63-35-11-9-10-32(24-35)25-39(49(60)61)66-47-41-42(40)51(67-48(41)56-29-55-47,33-14-17-50(3,4)18-15-33)64-27-34-16-19-54-46(57-34)37-12-7-8-13-38(37)62-6/h7-14,16,19,24,29,36,39,48H,15,17-18,20-23,25-28H2,1-6H3,(H,60,61)/t36-,39-,48?,51?/m1/s1. The third kappa shape index (κ3) is 9.71. The summed E-state index contributed by atoms with van der Waals surface area (Å²) >= 11 is 16.6. The number of hydrogen-bond donors (Lipinski definition) is 1. The number of hydrogen-bond acceptors (Lipinski definition) is 13. The highest BCUT2D eigenvalue weighted by Crippen LogP contribution is 2.62. The highest BCUT2D eigenvalue weighted by molar-refractivity contribution is 8.02. The molecule has 3 aromatic carbocycles. The van der Waals surface area contributed by atoms with Crippen molar-refractivity contribution in [2.45, 2.75) is 82.5 Å². The number of ether oxygens (including phenoxy) is 5. The molecule has 0 radical (unpaired) electrons. The van der Waals surface area contributed by atoms with Crippen molar-refractivity contribution in [3.05, 3.63) is 116 Å². The number of aliphatic imine (C=N–C) groups is 2. The Morgan fingerprint density at radius 3 is 2.52 bits per heavy atom. The Morgan fingerprint density at radius 2 is 1.79 bits per heavy atom. The molecule has 16 heteroatoms. The topological polar surface area (TPSA) is 140 Å². The van der Waals surface area contributed by atoms with Crippen molar-refractivity contribution in [2.24, 2.45) is 15.4 Å². The summed E-state index contributed by atoms with van der Waals surface area (Å²) in [7, 11) is 3.75. The number of methoxy groups -OCH3 is 1. The molecular formula is C51H56Cl2N6O7S. The van der Waals surface area contributed by atoms with Gasteiger partial charge in [-0.1, -0.05) is 79.2 Å². The number of aromatic nitrogens is 2. The van der Waals surface area contributed by atoms with Gasteiger partial charge in [0.2, 0.25) is 12.0 Å². The second-order valence-electron chi connectivity index (χ2n) is 18.6. The largest absolute Gasteiger partial charge is 0.496 e. The number of para-hydroxylation sites is 1. The van der Waals surface area contributed by atoms with Crippen LogP contribution in [0.5, 0.6) is 17.2 Å². The van der Waals surface area contributed by atoms with E-state index in [1.54, 1.807) is 13.3 Å². The fraction of sp³-hybridized carbons (Fsp3) is 0.431. The molecule has 1 aliphatic carbocycles. The number of aliphatic carboxylic acids is 1. The first-order valence-corrected chi connectivity index (χ1v) is 24.4. The lowest BCUT2D eigenvalue weighted by atomic mass is 9.75. The number of carboxylic acids is 1. The Morgan fingerprint density at radius 1 is 1.01 bits per heavy atom. The second-order valence-corrected chi connectivity index (χ2v) is 20.6. The summed E-state index contributed by atoms with van der Waals surface area (Å²) in [5.74, 6) is 1.07. The molecule has 2 unspecified atom stereocenters. The van der Waals surface area contributed by atoms with E-state index in [1.807, 2.05) is 68.4 Å². The number of carboxylic acid groups (broad SMARTS) is 1. The molecule has 6 heterocycles. The van der Waals surface area contributed by atoms with Gasteiger partial charge in [0, 0.05) is 50.9 Å². The van der Waals surface area contributed by atoms with E-state index in [4.69, 9.17) is 61.9 Å². The van der Waals surface area contributed by atoms with E-state index in [2.05, 4.69) is 41.8 Å². The monoisotopic (exact) mass is 966 g/mol. The quantitative estimate of drug-likeness (QED) is 0.160. The zero-order valence-electron chi connectivity index (χ0n) is 38.7. The Bertz CT molecular complexity index is 2650. The number of allylic oxidation sites excluding steroid dienone is 1. The third-order valence-electron chi connectivity index (χ3n) is 13.3. The van der Waals surface area contributed by atoms with Crippen molar-refractivity contribution in [2.75, 3.05) is 53.5 Å². The Labute approximate surface area is 406 Å². The van der Waals surface area contributed by atoms with Crippen LogP contribution >= 0.6 is 35.0 Å². The summed E-state index contributed by atoms with van der Waals surface area (Å²) in [6.45, 7) is 12.9. The number of piperazine rings is 1. The van der Waals surface area contributed by atoms with Crippen LogP contribution in [0.1, 0.15) is 61.1 Å². The van der Waals surface area contributed by atoms with Crippen molar-refractivity contribution in [3.63, 3.8) is 0 Å². The zero-order chi connectivity index (χ0) is 47.0. The van der Waals surface area contributed by atoms with Gasteiger partial charge in [0.1, 0.15) is 35.9 Å². The van der Waals surface area contributed by atoms with E-state index >= 15 is 0 Å². The first-order valence-electron chi connectivity index (χ1n) is 22.7. The van der Waals surface area contributed by atoms with E-state index in [9.17, 15) is 9.90 Å². The summed E-state index contributed by atoms with van der Waals surface area (Å²) in [5.41, 5.74) is 6.60. The van der Waals surface area contributed by atoms with Crippen LogP contribution in [0.15, 0.2) is 88.0 Å². The van der Waals surface area contributed by atoms with Crippen LogP contribution in [-0.2, 0) is 27.3 Å². The minimum absolute atomic E-state index is 0.0402. The lowest BCUT2D eigenvalue weighted by Crippen LogP contribution is -2.49. The predicted octanol–water partition coefficient (Wildman–Crippen LogP) is 9.49. The second kappa shape index (κ2) is 19.6. The molecule has 1 aromatic heterocycles. The SMILES string of the molecule is COc1ccccc1-c1nccc(COC2(C3=CCC(C)(C)CC3)SC3N=CN=C4O[C@@H](C(=O)O)Cc5cccc(c5)OC[C@@H](CN5CCN(C)CC5)Oc5c(Cl)c(C)c(c(C)c5Cl)C2=C43)n1. The molecule has 6 aliphatic rings. The molecule has 0 amide bonds. The number of thioether (sulfide) groups is 1. The molecule has 13 nitrogen and oxygen atoms in total. The number of rotatable bonds is 9. The van der Waals surface area contributed by atoms with Gasteiger partial charge in [-0.15, -0.1) is 0 Å². The number of halogens is 2. The minimum atomic E-state index is -1.32. The predicted molar refractivity (Wildman–Crippen MR) is 264 cm³/mol. The zero-order valence-corrected chi connectivity index (χ0v) is 41.0. The third-order valence-corrected chi connectivity index (χ3v) is 15.7. The van der Waals surface area contributed by atoms with Crippen LogP contribution in [0.3, 0.4) is 0 Å². The Balaban J connectivity index is 1.23. The van der Waals surface area contributed by atoms with Crippen molar-refractivity contribution in [1.29, 1.82) is 0 Å². The number of fused-ring (bicyclic) bond motifs is 7. The average molecular weight is 968 g/mol. The van der Waals surface area contributed by atoms with Gasteiger partial charge in [0.05, 0.1) is 40.6 Å². The van der Waals surface area contributed by atoms with Crippen LogP contribution in [0.2, 0.25) is 10.0 Å². The van der Waals surface area contributed by atoms with E-state index in [0.717, 1.165) is 61.3 Å². The molecule has 10 rings (SSSR count). The normalized spacial score (nSPS) is 24.1. The van der Waals surface area contributed by atoms with E-state index < -0.39 is 28.5 Å². The van der Waals surface area contributed by atoms with Gasteiger partial charge >= 0.3 is 5.97 Å². The molecule has 352 valence electrons. The summed E-state index contributed by atoms with van der Waals surface area (Å²) in [5, 5.41) is 10.9. The maximum atomic E-state index is 13.2. The molecule has 0 spiro atoms. The van der Waals surface area contributed by atoms with E-state index in [1.165, 1.54) is 18.1 Å². The van der Waals surface area contributed by atoms with Crippen LogP contribution in [0.4, 0.5) is 0 Å². The first kappa shape index (κ1) is 47.1. The van der Waals surface area contributed by atoms with Crippen LogP contribution in [0.25, 0.3) is 17.0 Å². The summed E-state index contributed by atoms with van der Waals surface area (Å²) in [6, 6.07) is 16.9. The summed E-state index contributed by atoms with van der Waals surface area (Å²) in [4.78, 5) is 35.9. The van der Waals surface area contributed by atoms with Crippen molar-refractivity contribution >= 4 is 58.7 Å². The number of benzene rings is 3. The van der Waals surface area contributed by atoms with E-state index in [-0.39, 0.29) is 30.9 Å². The molecule has 0 saturated carbocycles. The Kier molecular flexibility index (Phi) is 13.8. The van der Waals surface area contributed by atoms with Crippen molar-refractivity contribution in [1.82, 2.24) is 19.8 Å². The van der Waals surface area contributed by atoms with Gasteiger partial charge in [-0.25, -0.2) is 19.8 Å². The molecule has 4 aromatic rings. The Hall–Kier alpha value is -4.96. The van der Waals surface area contributed by atoms with Gasteiger partial charge in [-0.05, 0) is 104 Å². The maximum Gasteiger partial charge on any atom is 0.345 e. The van der Waals surface area contributed by atoms with Crippen molar-refractivity contribution < 1.29 is 33.6 Å². The molecule has 1 fully saturated rings. The number of likely N-dealkylation sites (N-methyl/N-ethyl adjacent to an activating group) is 1. The molecule has 67 heavy (non-hydrogen) atoms. The molecule has 5 aliphatic heterocycles. The highest BCUT2D eigenvalue weighted by atomic mass is 35.5. The molecule has 1 saturated heterocycles. The molecular weight excluding hydrogens is 912 g/mol. The van der Waals surface area contributed by atoms with E-state index in [0.29, 0.717) is 74.1 Å². The maximum absolute atomic E-state index is 13.2. The lowest BCUT2D eigenvalue weighted by molar-refractivity contribution is -0.145. The summed E-state index contributed by atoms with van der Waals surface area (Å²) in [6.07, 6.45) is 6.11. The smallest absolute Gasteiger partial charge is 0.345 e. The number of nitrogens with zero attached hydrogens (tertiary/aromatic N) is 6. The minimum Gasteiger partial charge on any atom is -0.496 e. The first-order chi connectivity index (χ1) is 32.2. The van der Waals surface area contributed by atoms with Crippen LogP contribution in [0, 0.1) is 19.3 Å². The fourth-order valence-electron chi connectivity index (χ4n) is 9.43. The van der Waals surface area contributed by atoms with Crippen molar-refractivity contribution in [3.8, 4) is 28.6 Å². The van der Waals surface area contributed by atoms with Gasteiger partial charge < -0.3 is 33.7 Å². The van der Waals surface area contributed by atoms with Gasteiger partial charge in [-0.3, -0.25) is 9.89 Å². The highest BCUT2D eigenvalue weighted by Gasteiger charge is 2.55.